The Morgan fingerprint density at radius 3 is 2.35 bits per heavy atom. The van der Waals surface area contributed by atoms with Gasteiger partial charge >= 0.3 is 6.09 Å². The third-order valence-corrected chi connectivity index (χ3v) is 3.32. The first kappa shape index (κ1) is 19.2. The van der Waals surface area contributed by atoms with Gasteiger partial charge in [-0.05, 0) is 33.3 Å². The predicted octanol–water partition coefficient (Wildman–Crippen LogP) is 2.60. The molecule has 128 valence electrons. The van der Waals surface area contributed by atoms with Gasteiger partial charge in [0.05, 0.1) is 18.8 Å². The summed E-state index contributed by atoms with van der Waals surface area (Å²) in [5.74, 6) is 0. The maximum absolute atomic E-state index is 12.0. The van der Waals surface area contributed by atoms with Gasteiger partial charge in [-0.3, -0.25) is 0 Å². The zero-order valence-corrected chi connectivity index (χ0v) is 14.5. The van der Waals surface area contributed by atoms with E-state index in [4.69, 9.17) is 4.74 Å². The molecule has 0 radical (unpaired) electrons. The number of amides is 1. The number of benzene rings is 1. The Balaban J connectivity index is 2.75. The summed E-state index contributed by atoms with van der Waals surface area (Å²) in [7, 11) is 1.50. The van der Waals surface area contributed by atoms with Gasteiger partial charge in [0.2, 0.25) is 0 Å². The van der Waals surface area contributed by atoms with Crippen LogP contribution in [0.4, 0.5) is 4.79 Å². The van der Waals surface area contributed by atoms with Crippen LogP contribution in [0.3, 0.4) is 0 Å². The Morgan fingerprint density at radius 2 is 1.87 bits per heavy atom. The number of carbonyl (C=O) groups excluding carboxylic acids is 1. The van der Waals surface area contributed by atoms with Gasteiger partial charge in [0.1, 0.15) is 5.60 Å². The molecule has 0 saturated carbocycles. The number of aryl methyl sites for hydroxylation is 1. The molecule has 2 atom stereocenters. The number of aliphatic hydroxyl groups excluding tert-OH is 2. The highest BCUT2D eigenvalue weighted by Gasteiger charge is 2.28. The highest BCUT2D eigenvalue weighted by molar-refractivity contribution is 5.68. The standard InChI is InChI=1S/C18H27NO4/c1-13-6-8-14(9-7-13)10-11-16(21)15(12-20)19(5)17(22)23-18(2,3)4/h6-11,15-16,20-21H,12H2,1-5H3/b11-10+/t15?,16-/m1/s1. The second-order valence-corrected chi connectivity index (χ2v) is 6.60. The van der Waals surface area contributed by atoms with Gasteiger partial charge in [-0.25, -0.2) is 4.79 Å². The number of rotatable bonds is 5. The summed E-state index contributed by atoms with van der Waals surface area (Å²) in [6.07, 6.45) is 1.74. The molecule has 2 N–H and O–H groups in total. The molecule has 0 aliphatic carbocycles. The number of hydrogen-bond donors (Lipinski definition) is 2. The molecule has 1 unspecified atom stereocenters. The number of hydrogen-bond acceptors (Lipinski definition) is 4. The third-order valence-electron chi connectivity index (χ3n) is 3.32. The fraction of sp³-hybridized carbons (Fsp3) is 0.500. The van der Waals surface area contributed by atoms with Crippen LogP contribution < -0.4 is 0 Å². The van der Waals surface area contributed by atoms with E-state index in [0.29, 0.717) is 0 Å². The van der Waals surface area contributed by atoms with E-state index in [9.17, 15) is 15.0 Å². The monoisotopic (exact) mass is 321 g/mol. The average Bonchev–Trinajstić information content (AvgIpc) is 2.45. The molecule has 1 amide bonds. The minimum absolute atomic E-state index is 0.366. The van der Waals surface area contributed by atoms with Gasteiger partial charge in [-0.15, -0.1) is 0 Å². The van der Waals surface area contributed by atoms with E-state index >= 15 is 0 Å². The van der Waals surface area contributed by atoms with E-state index < -0.39 is 23.8 Å². The Bertz CT molecular complexity index is 531. The van der Waals surface area contributed by atoms with Crippen molar-refractivity contribution >= 4 is 12.2 Å². The Hall–Kier alpha value is -1.85. The molecule has 23 heavy (non-hydrogen) atoms. The second-order valence-electron chi connectivity index (χ2n) is 6.60. The van der Waals surface area contributed by atoms with Gasteiger partial charge in [-0.1, -0.05) is 42.0 Å². The normalized spacial score (nSPS) is 14.6. The molecular weight excluding hydrogens is 294 g/mol. The molecule has 0 aliphatic heterocycles. The van der Waals surface area contributed by atoms with E-state index in [-0.39, 0.29) is 6.61 Å². The summed E-state index contributed by atoms with van der Waals surface area (Å²) < 4.78 is 5.25. The van der Waals surface area contributed by atoms with E-state index in [1.807, 2.05) is 31.2 Å². The molecule has 0 saturated heterocycles. The lowest BCUT2D eigenvalue weighted by Crippen LogP contribution is -2.48. The second kappa shape index (κ2) is 8.13. The van der Waals surface area contributed by atoms with Gasteiger partial charge in [0.25, 0.3) is 0 Å². The molecule has 0 aliphatic rings. The van der Waals surface area contributed by atoms with Crippen molar-refractivity contribution in [1.29, 1.82) is 0 Å². The summed E-state index contributed by atoms with van der Waals surface area (Å²) in [6, 6.07) is 7.05. The van der Waals surface area contributed by atoms with Crippen molar-refractivity contribution in [2.24, 2.45) is 0 Å². The fourth-order valence-corrected chi connectivity index (χ4v) is 1.94. The first-order valence-corrected chi connectivity index (χ1v) is 7.63. The average molecular weight is 321 g/mol. The lowest BCUT2D eigenvalue weighted by molar-refractivity contribution is -0.00150. The summed E-state index contributed by atoms with van der Waals surface area (Å²) in [6.45, 7) is 6.93. The van der Waals surface area contributed by atoms with Crippen LogP contribution in [0.1, 0.15) is 31.9 Å². The molecular formula is C18H27NO4. The van der Waals surface area contributed by atoms with Gasteiger partial charge in [-0.2, -0.15) is 0 Å². The Morgan fingerprint density at radius 1 is 1.30 bits per heavy atom. The molecule has 5 nitrogen and oxygen atoms in total. The predicted molar refractivity (Wildman–Crippen MR) is 91.1 cm³/mol. The zero-order valence-electron chi connectivity index (χ0n) is 14.5. The number of aliphatic hydroxyl groups is 2. The highest BCUT2D eigenvalue weighted by Crippen LogP contribution is 2.14. The SMILES string of the molecule is Cc1ccc(/C=C/[C@@H](O)C(CO)N(C)C(=O)OC(C)(C)C)cc1. The zero-order chi connectivity index (χ0) is 17.6. The first-order chi connectivity index (χ1) is 10.6. The quantitative estimate of drug-likeness (QED) is 0.874. The summed E-state index contributed by atoms with van der Waals surface area (Å²) in [5, 5.41) is 19.8. The maximum atomic E-state index is 12.0. The van der Waals surface area contributed by atoms with E-state index in [2.05, 4.69) is 0 Å². The van der Waals surface area contributed by atoms with Crippen LogP contribution in [0.15, 0.2) is 30.3 Å². The summed E-state index contributed by atoms with van der Waals surface area (Å²) >= 11 is 0. The van der Waals surface area contributed by atoms with Crippen LogP contribution in [-0.4, -0.2) is 52.6 Å². The fourth-order valence-electron chi connectivity index (χ4n) is 1.94. The molecule has 0 fully saturated rings. The minimum atomic E-state index is -1.00. The largest absolute Gasteiger partial charge is 0.444 e. The maximum Gasteiger partial charge on any atom is 0.410 e. The van der Waals surface area contributed by atoms with Crippen molar-refractivity contribution < 1.29 is 19.7 Å². The van der Waals surface area contributed by atoms with Crippen LogP contribution in [0.2, 0.25) is 0 Å². The van der Waals surface area contributed by atoms with Gasteiger partial charge in [0.15, 0.2) is 0 Å². The molecule has 0 spiro atoms. The number of likely N-dealkylation sites (N-methyl/N-ethyl adjacent to an activating group) is 1. The summed E-state index contributed by atoms with van der Waals surface area (Å²) in [4.78, 5) is 13.3. The molecule has 0 aromatic heterocycles. The summed E-state index contributed by atoms with van der Waals surface area (Å²) in [5.41, 5.74) is 1.46. The van der Waals surface area contributed by atoms with Gasteiger partial charge < -0.3 is 19.8 Å². The van der Waals surface area contributed by atoms with Crippen LogP contribution >= 0.6 is 0 Å². The highest BCUT2D eigenvalue weighted by atomic mass is 16.6. The lowest BCUT2D eigenvalue weighted by atomic mass is 10.1. The minimum Gasteiger partial charge on any atom is -0.444 e. The molecule has 1 aromatic rings. The van der Waals surface area contributed by atoms with Crippen molar-refractivity contribution in [3.63, 3.8) is 0 Å². The van der Waals surface area contributed by atoms with Gasteiger partial charge in [0, 0.05) is 7.05 Å². The molecule has 0 bridgehead atoms. The Labute approximate surface area is 138 Å². The molecule has 5 heteroatoms. The van der Waals surface area contributed by atoms with E-state index in [1.165, 1.54) is 11.9 Å². The topological polar surface area (TPSA) is 70.0 Å². The van der Waals surface area contributed by atoms with Crippen molar-refractivity contribution in [3.8, 4) is 0 Å². The van der Waals surface area contributed by atoms with Crippen LogP contribution in [0.25, 0.3) is 6.08 Å². The number of ether oxygens (including phenoxy) is 1. The smallest absolute Gasteiger partial charge is 0.410 e. The van der Waals surface area contributed by atoms with Crippen molar-refractivity contribution in [3.05, 3.63) is 41.5 Å². The van der Waals surface area contributed by atoms with Crippen LogP contribution in [0.5, 0.6) is 0 Å². The number of carbonyl (C=O) groups is 1. The molecule has 0 heterocycles. The number of nitrogens with zero attached hydrogens (tertiary/aromatic N) is 1. The first-order valence-electron chi connectivity index (χ1n) is 7.63. The molecule has 1 rings (SSSR count). The van der Waals surface area contributed by atoms with E-state index in [1.54, 1.807) is 32.9 Å². The van der Waals surface area contributed by atoms with Crippen molar-refractivity contribution in [2.75, 3.05) is 13.7 Å². The van der Waals surface area contributed by atoms with Crippen molar-refractivity contribution in [2.45, 2.75) is 45.4 Å². The third kappa shape index (κ3) is 6.42. The lowest BCUT2D eigenvalue weighted by Gasteiger charge is -2.31. The van der Waals surface area contributed by atoms with Crippen LogP contribution in [-0.2, 0) is 4.74 Å². The van der Waals surface area contributed by atoms with Crippen LogP contribution in [0, 0.1) is 6.92 Å². The van der Waals surface area contributed by atoms with E-state index in [0.717, 1.165) is 11.1 Å². The Kier molecular flexibility index (Phi) is 6.79. The molecule has 1 aromatic carbocycles. The van der Waals surface area contributed by atoms with Crippen molar-refractivity contribution in [1.82, 2.24) is 4.90 Å².